The van der Waals surface area contributed by atoms with Crippen LogP contribution in [-0.2, 0) is 6.54 Å². The van der Waals surface area contributed by atoms with Crippen LogP contribution in [0.5, 0.6) is 0 Å². The number of halogens is 1. The zero-order valence-corrected chi connectivity index (χ0v) is 11.8. The van der Waals surface area contributed by atoms with Gasteiger partial charge < -0.3 is 5.11 Å². The van der Waals surface area contributed by atoms with E-state index in [-0.39, 0.29) is 0 Å². The molecule has 16 heavy (non-hydrogen) atoms. The van der Waals surface area contributed by atoms with Crippen molar-refractivity contribution in [1.29, 1.82) is 0 Å². The van der Waals surface area contributed by atoms with Crippen LogP contribution in [-0.4, -0.2) is 29.2 Å². The van der Waals surface area contributed by atoms with E-state index in [9.17, 15) is 0 Å². The highest BCUT2D eigenvalue weighted by atomic mass is 79.9. The lowest BCUT2D eigenvalue weighted by molar-refractivity contribution is 0.210. The minimum Gasteiger partial charge on any atom is -0.396 e. The molecule has 0 aromatic carbocycles. The Hall–Kier alpha value is 0.100. The number of hydrogen-bond donors (Lipinski definition) is 1. The standard InChI is InChI=1S/C12H18BrNOS/c13-12-7-10(9-16-12)8-14-5-1-3-11(14)4-2-6-15/h7,9,11,15H,1-6,8H2. The summed E-state index contributed by atoms with van der Waals surface area (Å²) in [5.41, 5.74) is 1.41. The molecule has 1 N–H and O–H groups in total. The van der Waals surface area contributed by atoms with Crippen molar-refractivity contribution >= 4 is 27.3 Å². The molecular formula is C12H18BrNOS. The van der Waals surface area contributed by atoms with Crippen molar-refractivity contribution in [2.75, 3.05) is 13.2 Å². The molecule has 90 valence electrons. The Bertz CT molecular complexity index is 329. The summed E-state index contributed by atoms with van der Waals surface area (Å²) in [6, 6.07) is 2.90. The Kier molecular flexibility index (Phi) is 4.82. The van der Waals surface area contributed by atoms with Crippen LogP contribution in [0.25, 0.3) is 0 Å². The monoisotopic (exact) mass is 303 g/mol. The smallest absolute Gasteiger partial charge is 0.0701 e. The van der Waals surface area contributed by atoms with Gasteiger partial charge in [0.25, 0.3) is 0 Å². The van der Waals surface area contributed by atoms with Crippen LogP contribution >= 0.6 is 27.3 Å². The van der Waals surface area contributed by atoms with E-state index in [2.05, 4.69) is 32.3 Å². The molecule has 4 heteroatoms. The van der Waals surface area contributed by atoms with Gasteiger partial charge >= 0.3 is 0 Å². The Morgan fingerprint density at radius 3 is 3.12 bits per heavy atom. The summed E-state index contributed by atoms with van der Waals surface area (Å²) in [5.74, 6) is 0. The maximum atomic E-state index is 8.88. The molecule has 0 saturated carbocycles. The van der Waals surface area contributed by atoms with Gasteiger partial charge in [-0.25, -0.2) is 0 Å². The van der Waals surface area contributed by atoms with Crippen molar-refractivity contribution < 1.29 is 5.11 Å². The average molecular weight is 304 g/mol. The number of rotatable bonds is 5. The van der Waals surface area contributed by atoms with Crippen LogP contribution in [0.15, 0.2) is 15.2 Å². The molecule has 1 saturated heterocycles. The lowest BCUT2D eigenvalue weighted by Gasteiger charge is -2.23. The second kappa shape index (κ2) is 6.15. The number of hydrogen-bond acceptors (Lipinski definition) is 3. The third-order valence-electron chi connectivity index (χ3n) is 3.20. The molecule has 1 aromatic rings. The maximum Gasteiger partial charge on any atom is 0.0701 e. The minimum absolute atomic E-state index is 0.328. The number of nitrogens with zero attached hydrogens (tertiary/aromatic N) is 1. The molecule has 2 heterocycles. The SMILES string of the molecule is OCCCC1CCCN1Cc1csc(Br)c1. The van der Waals surface area contributed by atoms with E-state index < -0.39 is 0 Å². The van der Waals surface area contributed by atoms with E-state index in [0.717, 1.165) is 19.4 Å². The Balaban J connectivity index is 1.88. The van der Waals surface area contributed by atoms with E-state index in [4.69, 9.17) is 5.11 Å². The van der Waals surface area contributed by atoms with Crippen LogP contribution in [0.4, 0.5) is 0 Å². The van der Waals surface area contributed by atoms with Crippen LogP contribution in [0.2, 0.25) is 0 Å². The molecule has 2 nitrogen and oxygen atoms in total. The predicted molar refractivity (Wildman–Crippen MR) is 71.8 cm³/mol. The molecule has 1 unspecified atom stereocenters. The lowest BCUT2D eigenvalue weighted by Crippen LogP contribution is -2.28. The molecule has 0 radical (unpaired) electrons. The first kappa shape index (κ1) is 12.6. The van der Waals surface area contributed by atoms with Gasteiger partial charge in [-0.05, 0) is 65.2 Å². The maximum absolute atomic E-state index is 8.88. The first-order valence-electron chi connectivity index (χ1n) is 5.87. The third kappa shape index (κ3) is 3.29. The summed E-state index contributed by atoms with van der Waals surface area (Å²) in [4.78, 5) is 2.56. The first-order chi connectivity index (χ1) is 7.79. The van der Waals surface area contributed by atoms with Crippen molar-refractivity contribution in [2.45, 2.75) is 38.3 Å². The predicted octanol–water partition coefficient (Wildman–Crippen LogP) is 3.25. The van der Waals surface area contributed by atoms with Gasteiger partial charge in [0.05, 0.1) is 3.79 Å². The van der Waals surface area contributed by atoms with E-state index in [1.54, 1.807) is 11.3 Å². The zero-order chi connectivity index (χ0) is 11.4. The largest absolute Gasteiger partial charge is 0.396 e. The first-order valence-corrected chi connectivity index (χ1v) is 7.54. The molecule has 0 spiro atoms. The van der Waals surface area contributed by atoms with Gasteiger partial charge in [-0.2, -0.15) is 0 Å². The second-order valence-corrected chi connectivity index (χ2v) is 6.68. The highest BCUT2D eigenvalue weighted by molar-refractivity contribution is 9.11. The lowest BCUT2D eigenvalue weighted by atomic mass is 10.1. The minimum atomic E-state index is 0.328. The molecule has 1 aromatic heterocycles. The number of aliphatic hydroxyl groups is 1. The van der Waals surface area contributed by atoms with Gasteiger partial charge in [-0.1, -0.05) is 0 Å². The van der Waals surface area contributed by atoms with E-state index >= 15 is 0 Å². The zero-order valence-electron chi connectivity index (χ0n) is 9.36. The van der Waals surface area contributed by atoms with Crippen molar-refractivity contribution in [2.24, 2.45) is 0 Å². The summed E-state index contributed by atoms with van der Waals surface area (Å²) in [6.07, 6.45) is 4.68. The van der Waals surface area contributed by atoms with Crippen LogP contribution < -0.4 is 0 Å². The molecule has 2 rings (SSSR count). The van der Waals surface area contributed by atoms with Crippen molar-refractivity contribution in [3.05, 3.63) is 20.8 Å². The van der Waals surface area contributed by atoms with Crippen molar-refractivity contribution in [1.82, 2.24) is 4.90 Å². The van der Waals surface area contributed by atoms with Gasteiger partial charge in [-0.15, -0.1) is 11.3 Å². The van der Waals surface area contributed by atoms with Crippen molar-refractivity contribution in [3.8, 4) is 0 Å². The van der Waals surface area contributed by atoms with Gasteiger partial charge in [-0.3, -0.25) is 4.90 Å². The Labute approximate surface area is 109 Å². The topological polar surface area (TPSA) is 23.5 Å². The summed E-state index contributed by atoms with van der Waals surface area (Å²) in [5, 5.41) is 11.1. The van der Waals surface area contributed by atoms with Crippen LogP contribution in [0.1, 0.15) is 31.2 Å². The van der Waals surface area contributed by atoms with Gasteiger partial charge in [0, 0.05) is 19.2 Å². The molecule has 1 aliphatic heterocycles. The fraction of sp³-hybridized carbons (Fsp3) is 0.667. The van der Waals surface area contributed by atoms with E-state index in [1.165, 1.54) is 28.7 Å². The second-order valence-electron chi connectivity index (χ2n) is 4.39. The van der Waals surface area contributed by atoms with E-state index in [1.807, 2.05) is 0 Å². The fourth-order valence-corrected chi connectivity index (χ4v) is 3.62. The van der Waals surface area contributed by atoms with E-state index in [0.29, 0.717) is 12.6 Å². The van der Waals surface area contributed by atoms with Gasteiger partial charge in [0.1, 0.15) is 0 Å². The average Bonchev–Trinajstić information content (AvgIpc) is 2.86. The summed E-state index contributed by atoms with van der Waals surface area (Å²) in [7, 11) is 0. The summed E-state index contributed by atoms with van der Waals surface area (Å²) < 4.78 is 1.22. The molecule has 0 bridgehead atoms. The molecule has 0 amide bonds. The quantitative estimate of drug-likeness (QED) is 0.902. The van der Waals surface area contributed by atoms with Gasteiger partial charge in [0.2, 0.25) is 0 Å². The third-order valence-corrected chi connectivity index (χ3v) is 4.76. The Morgan fingerprint density at radius 1 is 1.56 bits per heavy atom. The molecule has 1 atom stereocenters. The molecule has 1 aliphatic rings. The fourth-order valence-electron chi connectivity index (χ4n) is 2.42. The normalized spacial score (nSPS) is 21.8. The summed E-state index contributed by atoms with van der Waals surface area (Å²) in [6.45, 7) is 2.61. The highest BCUT2D eigenvalue weighted by Crippen LogP contribution is 2.26. The number of thiophene rings is 1. The molecular weight excluding hydrogens is 286 g/mol. The van der Waals surface area contributed by atoms with Gasteiger partial charge in [0.15, 0.2) is 0 Å². The summed E-state index contributed by atoms with van der Waals surface area (Å²) >= 11 is 5.26. The highest BCUT2D eigenvalue weighted by Gasteiger charge is 2.23. The number of aliphatic hydroxyl groups excluding tert-OH is 1. The number of likely N-dealkylation sites (tertiary alicyclic amines) is 1. The van der Waals surface area contributed by atoms with Crippen molar-refractivity contribution in [3.63, 3.8) is 0 Å². The van der Waals surface area contributed by atoms with Crippen LogP contribution in [0.3, 0.4) is 0 Å². The Morgan fingerprint density at radius 2 is 2.44 bits per heavy atom. The molecule has 0 aliphatic carbocycles. The van der Waals surface area contributed by atoms with Crippen LogP contribution in [0, 0.1) is 0 Å². The molecule has 1 fully saturated rings.